The van der Waals surface area contributed by atoms with Gasteiger partial charge in [-0.1, -0.05) is 11.6 Å². The number of carbonyl (C=O) groups is 1. The first-order valence-electron chi connectivity index (χ1n) is 7.38. The summed E-state index contributed by atoms with van der Waals surface area (Å²) in [7, 11) is 0. The van der Waals surface area contributed by atoms with Crippen LogP contribution in [0.5, 0.6) is 0 Å². The summed E-state index contributed by atoms with van der Waals surface area (Å²) in [5.41, 5.74) is 0. The van der Waals surface area contributed by atoms with Gasteiger partial charge >= 0.3 is 0 Å². The van der Waals surface area contributed by atoms with Crippen LogP contribution >= 0.6 is 11.6 Å². The minimum Gasteiger partial charge on any atom is -0.393 e. The summed E-state index contributed by atoms with van der Waals surface area (Å²) in [6.45, 7) is 3.91. The number of amides is 1. The number of nitrogens with zero attached hydrogens (tertiary/aromatic N) is 2. The minimum atomic E-state index is -0.372. The predicted molar refractivity (Wildman–Crippen MR) is 83.5 cm³/mol. The third kappa shape index (κ3) is 4.86. The number of hydrogen-bond donors (Lipinski definition) is 2. The first kappa shape index (κ1) is 16.0. The molecule has 116 valence electrons. The van der Waals surface area contributed by atoms with Crippen molar-refractivity contribution in [3.8, 4) is 0 Å². The fraction of sp³-hybridized carbons (Fsp3) is 0.600. The fourth-order valence-corrected chi connectivity index (χ4v) is 2.59. The van der Waals surface area contributed by atoms with Crippen molar-refractivity contribution in [1.29, 1.82) is 0 Å². The second-order valence-electron chi connectivity index (χ2n) is 5.52. The highest BCUT2D eigenvalue weighted by molar-refractivity contribution is 6.30. The van der Waals surface area contributed by atoms with Crippen LogP contribution in [-0.2, 0) is 4.79 Å². The van der Waals surface area contributed by atoms with Crippen molar-refractivity contribution in [1.82, 2.24) is 10.3 Å². The van der Waals surface area contributed by atoms with E-state index in [9.17, 15) is 9.90 Å². The summed E-state index contributed by atoms with van der Waals surface area (Å²) in [6, 6.07) is 3.74. The molecule has 0 spiro atoms. The van der Waals surface area contributed by atoms with E-state index in [1.807, 2.05) is 12.1 Å². The minimum absolute atomic E-state index is 0.0579. The van der Waals surface area contributed by atoms with Crippen LogP contribution in [0, 0.1) is 5.92 Å². The molecule has 2 rings (SSSR count). The Bertz CT molecular complexity index is 456. The number of aliphatic hydroxyl groups excluding tert-OH is 1. The zero-order valence-corrected chi connectivity index (χ0v) is 13.0. The molecule has 1 aliphatic rings. The summed E-state index contributed by atoms with van der Waals surface area (Å²) >= 11 is 5.83. The Kier molecular flexibility index (Phi) is 5.82. The van der Waals surface area contributed by atoms with Crippen LogP contribution in [0.4, 0.5) is 5.82 Å². The number of aromatic nitrogens is 1. The molecule has 1 saturated heterocycles. The monoisotopic (exact) mass is 311 g/mol. The van der Waals surface area contributed by atoms with Gasteiger partial charge in [-0.3, -0.25) is 4.79 Å². The van der Waals surface area contributed by atoms with Gasteiger partial charge in [0.25, 0.3) is 0 Å². The van der Waals surface area contributed by atoms with E-state index in [0.29, 0.717) is 18.0 Å². The number of hydrogen-bond acceptors (Lipinski definition) is 4. The quantitative estimate of drug-likeness (QED) is 0.871. The molecular weight excluding hydrogens is 290 g/mol. The smallest absolute Gasteiger partial charge is 0.223 e. The molecule has 0 saturated carbocycles. The van der Waals surface area contributed by atoms with Crippen molar-refractivity contribution in [3.05, 3.63) is 23.4 Å². The van der Waals surface area contributed by atoms with Gasteiger partial charge < -0.3 is 15.3 Å². The lowest BCUT2D eigenvalue weighted by atomic mass is 9.96. The number of aliphatic hydroxyl groups is 1. The summed E-state index contributed by atoms with van der Waals surface area (Å²) < 4.78 is 0. The number of carbonyl (C=O) groups excluding carboxylic acids is 1. The lowest BCUT2D eigenvalue weighted by Gasteiger charge is -2.32. The number of pyridine rings is 1. The van der Waals surface area contributed by atoms with E-state index in [2.05, 4.69) is 15.2 Å². The molecule has 1 aromatic rings. The number of anilines is 1. The van der Waals surface area contributed by atoms with Crippen LogP contribution in [0.25, 0.3) is 0 Å². The SMILES string of the molecule is CC(O)CCNC(=O)C1CCN(c2ccc(Cl)cn2)CC1. The van der Waals surface area contributed by atoms with Crippen molar-refractivity contribution in [3.63, 3.8) is 0 Å². The number of halogens is 1. The molecule has 1 aromatic heterocycles. The van der Waals surface area contributed by atoms with Gasteiger partial charge in [0.1, 0.15) is 5.82 Å². The zero-order valence-electron chi connectivity index (χ0n) is 12.3. The van der Waals surface area contributed by atoms with Gasteiger partial charge in [-0.2, -0.15) is 0 Å². The molecule has 1 amide bonds. The van der Waals surface area contributed by atoms with Crippen molar-refractivity contribution < 1.29 is 9.90 Å². The van der Waals surface area contributed by atoms with Crippen LogP contribution in [0.15, 0.2) is 18.3 Å². The maximum absolute atomic E-state index is 12.0. The summed E-state index contributed by atoms with van der Waals surface area (Å²) in [6.07, 6.45) is 3.52. The molecule has 1 fully saturated rings. The van der Waals surface area contributed by atoms with E-state index >= 15 is 0 Å². The molecule has 1 unspecified atom stereocenters. The maximum atomic E-state index is 12.0. The molecule has 6 heteroatoms. The van der Waals surface area contributed by atoms with Crippen LogP contribution in [0.1, 0.15) is 26.2 Å². The first-order valence-corrected chi connectivity index (χ1v) is 7.76. The van der Waals surface area contributed by atoms with Crippen LogP contribution in [0.3, 0.4) is 0 Å². The molecule has 1 aliphatic heterocycles. The highest BCUT2D eigenvalue weighted by atomic mass is 35.5. The van der Waals surface area contributed by atoms with Gasteiger partial charge in [-0.05, 0) is 38.3 Å². The van der Waals surface area contributed by atoms with Crippen molar-refractivity contribution in [2.45, 2.75) is 32.3 Å². The molecule has 5 nitrogen and oxygen atoms in total. The molecule has 1 atom stereocenters. The van der Waals surface area contributed by atoms with Crippen LogP contribution < -0.4 is 10.2 Å². The van der Waals surface area contributed by atoms with E-state index in [-0.39, 0.29) is 17.9 Å². The summed E-state index contributed by atoms with van der Waals surface area (Å²) in [5, 5.41) is 12.7. The van der Waals surface area contributed by atoms with E-state index < -0.39 is 0 Å². The number of piperidine rings is 1. The molecule has 0 aliphatic carbocycles. The topological polar surface area (TPSA) is 65.5 Å². The van der Waals surface area contributed by atoms with E-state index in [0.717, 1.165) is 31.7 Å². The largest absolute Gasteiger partial charge is 0.393 e. The molecule has 0 radical (unpaired) electrons. The molecular formula is C15H22ClN3O2. The summed E-state index contributed by atoms with van der Waals surface area (Å²) in [4.78, 5) is 18.5. The van der Waals surface area contributed by atoms with Gasteiger partial charge in [0.2, 0.25) is 5.91 Å². The van der Waals surface area contributed by atoms with Gasteiger partial charge in [-0.15, -0.1) is 0 Å². The Morgan fingerprint density at radius 2 is 2.24 bits per heavy atom. The Morgan fingerprint density at radius 3 is 2.81 bits per heavy atom. The highest BCUT2D eigenvalue weighted by Crippen LogP contribution is 2.22. The van der Waals surface area contributed by atoms with Gasteiger partial charge in [0, 0.05) is 31.7 Å². The van der Waals surface area contributed by atoms with Crippen LogP contribution in [-0.4, -0.2) is 41.7 Å². The Morgan fingerprint density at radius 1 is 1.52 bits per heavy atom. The zero-order chi connectivity index (χ0) is 15.2. The molecule has 0 bridgehead atoms. The van der Waals surface area contributed by atoms with Gasteiger partial charge in [0.15, 0.2) is 0 Å². The normalized spacial score (nSPS) is 17.6. The number of nitrogens with one attached hydrogen (secondary N) is 1. The van der Waals surface area contributed by atoms with Crippen LogP contribution in [0.2, 0.25) is 5.02 Å². The fourth-order valence-electron chi connectivity index (χ4n) is 2.47. The molecule has 21 heavy (non-hydrogen) atoms. The third-order valence-electron chi connectivity index (χ3n) is 3.76. The lowest BCUT2D eigenvalue weighted by molar-refractivity contribution is -0.125. The van der Waals surface area contributed by atoms with Gasteiger partial charge in [0.05, 0.1) is 11.1 Å². The van der Waals surface area contributed by atoms with Crippen molar-refractivity contribution >= 4 is 23.3 Å². The molecule has 2 heterocycles. The average molecular weight is 312 g/mol. The second-order valence-corrected chi connectivity index (χ2v) is 5.96. The van der Waals surface area contributed by atoms with E-state index in [1.54, 1.807) is 13.1 Å². The third-order valence-corrected chi connectivity index (χ3v) is 3.99. The lowest BCUT2D eigenvalue weighted by Crippen LogP contribution is -2.41. The maximum Gasteiger partial charge on any atom is 0.223 e. The summed E-state index contributed by atoms with van der Waals surface area (Å²) in [5.74, 6) is 1.06. The van der Waals surface area contributed by atoms with E-state index in [4.69, 9.17) is 11.6 Å². The van der Waals surface area contributed by atoms with Crippen molar-refractivity contribution in [2.24, 2.45) is 5.92 Å². The molecule has 2 N–H and O–H groups in total. The Labute approximate surface area is 130 Å². The Hall–Kier alpha value is -1.33. The number of rotatable bonds is 5. The standard InChI is InChI=1S/C15H22ClN3O2/c1-11(20)4-7-17-15(21)12-5-8-19(9-6-12)14-3-2-13(16)10-18-14/h2-3,10-12,20H,4-9H2,1H3,(H,17,21). The molecule has 0 aromatic carbocycles. The highest BCUT2D eigenvalue weighted by Gasteiger charge is 2.25. The predicted octanol–water partition coefficient (Wildman–Crippen LogP) is 1.84. The van der Waals surface area contributed by atoms with Gasteiger partial charge in [-0.25, -0.2) is 4.98 Å². The average Bonchev–Trinajstić information content (AvgIpc) is 2.48. The first-order chi connectivity index (χ1) is 10.1. The second kappa shape index (κ2) is 7.61. The van der Waals surface area contributed by atoms with Crippen molar-refractivity contribution in [2.75, 3.05) is 24.5 Å². The van der Waals surface area contributed by atoms with E-state index in [1.165, 1.54) is 0 Å². The Balaban J connectivity index is 1.77.